The van der Waals surface area contributed by atoms with E-state index in [1.165, 1.54) is 12.1 Å². The highest BCUT2D eigenvalue weighted by Crippen LogP contribution is 2.25. The van der Waals surface area contributed by atoms with E-state index in [1.54, 1.807) is 24.3 Å². The number of halogens is 1. The molecule has 0 bridgehead atoms. The average Bonchev–Trinajstić information content (AvgIpc) is 2.45. The van der Waals surface area contributed by atoms with Crippen molar-refractivity contribution in [1.82, 2.24) is 0 Å². The van der Waals surface area contributed by atoms with Gasteiger partial charge in [-0.25, -0.2) is 4.79 Å². The van der Waals surface area contributed by atoms with E-state index in [-0.39, 0.29) is 5.75 Å². The number of phenolic OH excluding ortho intramolecular Hbond substituents is 1. The highest BCUT2D eigenvalue weighted by molar-refractivity contribution is 6.30. The molecule has 0 aliphatic carbocycles. The summed E-state index contributed by atoms with van der Waals surface area (Å²) >= 11 is 5.80. The van der Waals surface area contributed by atoms with Crippen molar-refractivity contribution in [1.29, 1.82) is 0 Å². The van der Waals surface area contributed by atoms with E-state index in [0.717, 1.165) is 11.6 Å². The lowest BCUT2D eigenvalue weighted by molar-refractivity contribution is -0.131. The van der Waals surface area contributed by atoms with Crippen LogP contribution in [0, 0.1) is 0 Å². The maximum absolute atomic E-state index is 10.4. The zero-order chi connectivity index (χ0) is 15.2. The molecule has 0 amide bonds. The third-order valence-corrected chi connectivity index (χ3v) is 2.98. The van der Waals surface area contributed by atoms with Gasteiger partial charge in [-0.1, -0.05) is 23.7 Å². The van der Waals surface area contributed by atoms with Gasteiger partial charge in [0.2, 0.25) is 0 Å². The Hall–Kier alpha value is -2.46. The van der Waals surface area contributed by atoms with Crippen molar-refractivity contribution in [3.63, 3.8) is 0 Å². The summed E-state index contributed by atoms with van der Waals surface area (Å²) in [6.07, 6.45) is 2.28. The van der Waals surface area contributed by atoms with Crippen LogP contribution in [0.2, 0.25) is 5.02 Å². The molecule has 0 atom stereocenters. The maximum atomic E-state index is 10.4. The van der Waals surface area contributed by atoms with E-state index in [9.17, 15) is 9.90 Å². The van der Waals surface area contributed by atoms with Crippen molar-refractivity contribution in [2.24, 2.45) is 0 Å². The van der Waals surface area contributed by atoms with Crippen molar-refractivity contribution in [3.8, 4) is 11.5 Å². The van der Waals surface area contributed by atoms with Crippen LogP contribution in [0.5, 0.6) is 11.5 Å². The first-order chi connectivity index (χ1) is 10.0. The van der Waals surface area contributed by atoms with Crippen molar-refractivity contribution in [3.05, 3.63) is 64.7 Å². The first kappa shape index (κ1) is 14.9. The van der Waals surface area contributed by atoms with Crippen molar-refractivity contribution < 1.29 is 19.7 Å². The number of aromatic hydroxyl groups is 1. The first-order valence-electron chi connectivity index (χ1n) is 6.16. The Labute approximate surface area is 126 Å². The number of carboxylic acids is 1. The Bertz CT molecular complexity index is 662. The number of rotatable bonds is 5. The fourth-order valence-electron chi connectivity index (χ4n) is 1.66. The SMILES string of the molecule is O=C(O)/C=C/c1ccc(OCc2ccc(Cl)cc2)cc1O. The molecule has 0 saturated heterocycles. The van der Waals surface area contributed by atoms with Crippen LogP contribution in [0.3, 0.4) is 0 Å². The molecule has 2 aromatic carbocycles. The summed E-state index contributed by atoms with van der Waals surface area (Å²) in [6, 6.07) is 12.0. The molecule has 0 aliphatic rings. The molecular weight excluding hydrogens is 292 g/mol. The lowest BCUT2D eigenvalue weighted by Crippen LogP contribution is -1.95. The molecule has 108 valence electrons. The fourth-order valence-corrected chi connectivity index (χ4v) is 1.79. The minimum Gasteiger partial charge on any atom is -0.507 e. The zero-order valence-electron chi connectivity index (χ0n) is 11.0. The Balaban J connectivity index is 2.03. The molecule has 2 rings (SSSR count). The lowest BCUT2D eigenvalue weighted by Gasteiger charge is -2.08. The van der Waals surface area contributed by atoms with E-state index >= 15 is 0 Å². The van der Waals surface area contributed by atoms with Crippen LogP contribution in [-0.4, -0.2) is 16.2 Å². The molecule has 0 radical (unpaired) electrons. The molecule has 0 spiro atoms. The largest absolute Gasteiger partial charge is 0.507 e. The van der Waals surface area contributed by atoms with Crippen LogP contribution in [0.15, 0.2) is 48.5 Å². The smallest absolute Gasteiger partial charge is 0.328 e. The Morgan fingerprint density at radius 1 is 1.19 bits per heavy atom. The quantitative estimate of drug-likeness (QED) is 0.826. The molecule has 5 heteroatoms. The molecule has 0 aromatic heterocycles. The Morgan fingerprint density at radius 3 is 2.52 bits per heavy atom. The van der Waals surface area contributed by atoms with Crippen LogP contribution < -0.4 is 4.74 Å². The molecule has 0 unspecified atom stereocenters. The third-order valence-electron chi connectivity index (χ3n) is 2.73. The number of hydrogen-bond donors (Lipinski definition) is 2. The second-order valence-corrected chi connectivity index (χ2v) is 4.74. The number of phenols is 1. The van der Waals surface area contributed by atoms with Gasteiger partial charge in [-0.2, -0.15) is 0 Å². The molecule has 0 fully saturated rings. The van der Waals surface area contributed by atoms with Gasteiger partial charge in [-0.15, -0.1) is 0 Å². The molecule has 21 heavy (non-hydrogen) atoms. The van der Waals surface area contributed by atoms with Gasteiger partial charge in [-0.3, -0.25) is 0 Å². The number of ether oxygens (including phenoxy) is 1. The van der Waals surface area contributed by atoms with E-state index in [0.29, 0.717) is 22.9 Å². The highest BCUT2D eigenvalue weighted by atomic mass is 35.5. The van der Waals surface area contributed by atoms with Crippen molar-refractivity contribution in [2.75, 3.05) is 0 Å². The number of aliphatic carboxylic acids is 1. The summed E-state index contributed by atoms with van der Waals surface area (Å²) in [4.78, 5) is 10.4. The summed E-state index contributed by atoms with van der Waals surface area (Å²) in [5.74, 6) is -0.617. The fraction of sp³-hybridized carbons (Fsp3) is 0.0625. The number of carbonyl (C=O) groups is 1. The Morgan fingerprint density at radius 2 is 1.90 bits per heavy atom. The third kappa shape index (κ3) is 4.54. The van der Waals surface area contributed by atoms with E-state index in [2.05, 4.69) is 0 Å². The predicted molar refractivity (Wildman–Crippen MR) is 80.6 cm³/mol. The van der Waals surface area contributed by atoms with Gasteiger partial charge < -0.3 is 14.9 Å². The summed E-state index contributed by atoms with van der Waals surface area (Å²) in [5.41, 5.74) is 1.37. The summed E-state index contributed by atoms with van der Waals surface area (Å²) < 4.78 is 5.55. The monoisotopic (exact) mass is 304 g/mol. The molecule has 2 aromatic rings. The number of benzene rings is 2. The van der Waals surface area contributed by atoms with Gasteiger partial charge in [0.05, 0.1) is 0 Å². The summed E-state index contributed by atoms with van der Waals surface area (Å²) in [7, 11) is 0. The molecule has 0 aliphatic heterocycles. The van der Waals surface area contributed by atoms with Crippen LogP contribution in [0.4, 0.5) is 0 Å². The van der Waals surface area contributed by atoms with Gasteiger partial charge in [0.25, 0.3) is 0 Å². The number of hydrogen-bond acceptors (Lipinski definition) is 3. The predicted octanol–water partition coefficient (Wildman–Crippen LogP) is 3.72. The summed E-state index contributed by atoms with van der Waals surface area (Å²) in [6.45, 7) is 0.348. The number of carboxylic acid groups (broad SMARTS) is 1. The topological polar surface area (TPSA) is 66.8 Å². The minimum atomic E-state index is -1.07. The Kier molecular flexibility index (Phi) is 4.85. The minimum absolute atomic E-state index is 0.0406. The molecule has 4 nitrogen and oxygen atoms in total. The van der Waals surface area contributed by atoms with Gasteiger partial charge in [0.15, 0.2) is 0 Å². The van der Waals surface area contributed by atoms with E-state index < -0.39 is 5.97 Å². The first-order valence-corrected chi connectivity index (χ1v) is 6.53. The average molecular weight is 305 g/mol. The molecule has 2 N–H and O–H groups in total. The van der Waals surface area contributed by atoms with E-state index in [1.807, 2.05) is 12.1 Å². The summed E-state index contributed by atoms with van der Waals surface area (Å²) in [5, 5.41) is 19.0. The normalized spacial score (nSPS) is 10.7. The van der Waals surface area contributed by atoms with Gasteiger partial charge in [0, 0.05) is 22.7 Å². The van der Waals surface area contributed by atoms with Crippen molar-refractivity contribution in [2.45, 2.75) is 6.61 Å². The zero-order valence-corrected chi connectivity index (χ0v) is 11.7. The molecule has 0 saturated carbocycles. The van der Waals surface area contributed by atoms with Gasteiger partial charge >= 0.3 is 5.97 Å². The van der Waals surface area contributed by atoms with Crippen LogP contribution >= 0.6 is 11.6 Å². The highest BCUT2D eigenvalue weighted by Gasteiger charge is 2.02. The molecular formula is C16H13ClO4. The van der Waals surface area contributed by atoms with Crippen LogP contribution in [-0.2, 0) is 11.4 Å². The second-order valence-electron chi connectivity index (χ2n) is 4.31. The maximum Gasteiger partial charge on any atom is 0.328 e. The van der Waals surface area contributed by atoms with Crippen LogP contribution in [0.25, 0.3) is 6.08 Å². The van der Waals surface area contributed by atoms with Gasteiger partial charge in [-0.05, 0) is 35.9 Å². The standard InChI is InChI=1S/C16H13ClO4/c17-13-5-1-11(2-6-13)10-21-14-7-3-12(15(18)9-14)4-8-16(19)20/h1-9,18H,10H2,(H,19,20)/b8-4+. The second kappa shape index (κ2) is 6.81. The molecule has 0 heterocycles. The lowest BCUT2D eigenvalue weighted by atomic mass is 10.1. The van der Waals surface area contributed by atoms with Crippen molar-refractivity contribution >= 4 is 23.6 Å². The van der Waals surface area contributed by atoms with Gasteiger partial charge in [0.1, 0.15) is 18.1 Å². The van der Waals surface area contributed by atoms with E-state index in [4.69, 9.17) is 21.4 Å². The van der Waals surface area contributed by atoms with Crippen LogP contribution in [0.1, 0.15) is 11.1 Å².